The third kappa shape index (κ3) is 5.70. The second-order valence-electron chi connectivity index (χ2n) is 8.96. The molecule has 2 amide bonds. The van der Waals surface area contributed by atoms with Crippen molar-refractivity contribution in [2.24, 2.45) is 7.05 Å². The molecule has 3 heterocycles. The minimum Gasteiger partial charge on any atom is -0.457 e. The van der Waals surface area contributed by atoms with Gasteiger partial charge in [0.25, 0.3) is 0 Å². The first-order valence-electron chi connectivity index (χ1n) is 12.0. The summed E-state index contributed by atoms with van der Waals surface area (Å²) in [6.07, 6.45) is 7.07. The molecule has 0 fully saturated rings. The molecule has 10 heteroatoms. The molecule has 0 radical (unpaired) electrons. The van der Waals surface area contributed by atoms with E-state index in [0.717, 1.165) is 11.3 Å². The Balaban J connectivity index is 1.25. The fourth-order valence-electron chi connectivity index (χ4n) is 3.78. The molecule has 0 saturated heterocycles. The molecule has 5 aromatic rings. The average Bonchev–Trinajstić information content (AvgIpc) is 3.52. The quantitative estimate of drug-likeness (QED) is 0.260. The van der Waals surface area contributed by atoms with Gasteiger partial charge in [0, 0.05) is 54.6 Å². The van der Waals surface area contributed by atoms with Crippen molar-refractivity contribution in [1.29, 1.82) is 0 Å². The molecule has 2 aromatic carbocycles. The summed E-state index contributed by atoms with van der Waals surface area (Å²) in [7, 11) is 1.85. The molecule has 3 aromatic heterocycles. The number of carbonyl (C=O) groups excluding carboxylic acids is 1. The third-order valence-electron chi connectivity index (χ3n) is 5.71. The lowest BCUT2D eigenvalue weighted by molar-refractivity contribution is 0.262. The zero-order valence-electron chi connectivity index (χ0n) is 21.1. The number of hydrogen-bond donors (Lipinski definition) is 2. The molecule has 0 aliphatic heterocycles. The van der Waals surface area contributed by atoms with Gasteiger partial charge in [0.05, 0.1) is 17.6 Å². The van der Waals surface area contributed by atoms with Crippen molar-refractivity contribution in [1.82, 2.24) is 24.5 Å². The highest BCUT2D eigenvalue weighted by Gasteiger charge is 2.16. The maximum atomic E-state index is 13.4. The SMILES string of the molecule is CC(C)n1cc(NC(=O)Nc2ccc(Oc3ccnc(-c4cnn(C)c4)c3)cc2)c(-c2ccc(F)cc2)n1. The summed E-state index contributed by atoms with van der Waals surface area (Å²) >= 11 is 0. The average molecular weight is 512 g/mol. The van der Waals surface area contributed by atoms with Crippen LogP contribution in [0.15, 0.2) is 85.5 Å². The highest BCUT2D eigenvalue weighted by Crippen LogP contribution is 2.29. The van der Waals surface area contributed by atoms with Crippen LogP contribution >= 0.6 is 0 Å². The van der Waals surface area contributed by atoms with Crippen LogP contribution in [0.4, 0.5) is 20.6 Å². The lowest BCUT2D eigenvalue weighted by Gasteiger charge is -2.10. The van der Waals surface area contributed by atoms with Crippen molar-refractivity contribution in [3.05, 3.63) is 91.3 Å². The Morgan fingerprint density at radius 3 is 2.39 bits per heavy atom. The lowest BCUT2D eigenvalue weighted by atomic mass is 10.1. The van der Waals surface area contributed by atoms with Crippen molar-refractivity contribution >= 4 is 17.4 Å². The number of nitrogens with one attached hydrogen (secondary N) is 2. The Kier molecular flexibility index (Phi) is 6.86. The van der Waals surface area contributed by atoms with Crippen molar-refractivity contribution < 1.29 is 13.9 Å². The Hall–Kier alpha value is -4.99. The van der Waals surface area contributed by atoms with Gasteiger partial charge in [0.15, 0.2) is 0 Å². The highest BCUT2D eigenvalue weighted by molar-refractivity contribution is 6.01. The number of nitrogens with zero attached hydrogens (tertiary/aromatic N) is 5. The van der Waals surface area contributed by atoms with Gasteiger partial charge in [-0.15, -0.1) is 0 Å². The molecule has 9 nitrogen and oxygen atoms in total. The van der Waals surface area contributed by atoms with Gasteiger partial charge in [-0.1, -0.05) is 0 Å². The molecular weight excluding hydrogens is 485 g/mol. The fourth-order valence-corrected chi connectivity index (χ4v) is 3.78. The molecule has 0 bridgehead atoms. The van der Waals surface area contributed by atoms with Crippen LogP contribution in [0.5, 0.6) is 11.5 Å². The van der Waals surface area contributed by atoms with Crippen LogP contribution in [0.2, 0.25) is 0 Å². The normalized spacial score (nSPS) is 11.0. The smallest absolute Gasteiger partial charge is 0.323 e. The maximum absolute atomic E-state index is 13.4. The van der Waals surface area contributed by atoms with Gasteiger partial charge in [-0.3, -0.25) is 14.3 Å². The van der Waals surface area contributed by atoms with E-state index in [1.165, 1.54) is 12.1 Å². The van der Waals surface area contributed by atoms with E-state index in [-0.39, 0.29) is 11.9 Å². The number of carbonyl (C=O) groups is 1. The van der Waals surface area contributed by atoms with Gasteiger partial charge >= 0.3 is 6.03 Å². The largest absolute Gasteiger partial charge is 0.457 e. The second-order valence-corrected chi connectivity index (χ2v) is 8.96. The van der Waals surface area contributed by atoms with Crippen molar-refractivity contribution in [2.45, 2.75) is 19.9 Å². The number of hydrogen-bond acceptors (Lipinski definition) is 5. The van der Waals surface area contributed by atoms with Crippen LogP contribution in [-0.4, -0.2) is 30.6 Å². The Bertz CT molecular complexity index is 1560. The van der Waals surface area contributed by atoms with E-state index < -0.39 is 6.03 Å². The Labute approximate surface area is 218 Å². The molecule has 0 saturated carbocycles. The monoisotopic (exact) mass is 511 g/mol. The predicted molar refractivity (Wildman–Crippen MR) is 144 cm³/mol. The number of anilines is 2. The van der Waals surface area contributed by atoms with Crippen LogP contribution in [-0.2, 0) is 7.05 Å². The van der Waals surface area contributed by atoms with Gasteiger partial charge in [0.1, 0.15) is 23.0 Å². The summed E-state index contributed by atoms with van der Waals surface area (Å²) in [5, 5.41) is 14.4. The highest BCUT2D eigenvalue weighted by atomic mass is 19.1. The second kappa shape index (κ2) is 10.6. The zero-order chi connectivity index (χ0) is 26.6. The van der Waals surface area contributed by atoms with Crippen molar-refractivity contribution in [3.8, 4) is 34.0 Å². The van der Waals surface area contributed by atoms with E-state index in [1.54, 1.807) is 70.4 Å². The fraction of sp³-hybridized carbons (Fsp3) is 0.143. The van der Waals surface area contributed by atoms with Crippen LogP contribution in [0.3, 0.4) is 0 Å². The van der Waals surface area contributed by atoms with Crippen LogP contribution in [0.1, 0.15) is 19.9 Å². The molecule has 0 atom stereocenters. The van der Waals surface area contributed by atoms with Gasteiger partial charge in [-0.05, 0) is 68.4 Å². The number of amides is 2. The number of pyridine rings is 1. The summed E-state index contributed by atoms with van der Waals surface area (Å²) in [6, 6.07) is 16.3. The van der Waals surface area contributed by atoms with Crippen molar-refractivity contribution in [2.75, 3.05) is 10.6 Å². The first kappa shape index (κ1) is 24.7. The van der Waals surface area contributed by atoms with E-state index in [2.05, 4.69) is 25.8 Å². The van der Waals surface area contributed by atoms with E-state index in [1.807, 2.05) is 33.2 Å². The Morgan fingerprint density at radius 2 is 1.71 bits per heavy atom. The number of urea groups is 1. The molecule has 0 aliphatic carbocycles. The molecule has 5 rings (SSSR count). The van der Waals surface area contributed by atoms with Crippen molar-refractivity contribution in [3.63, 3.8) is 0 Å². The van der Waals surface area contributed by atoms with E-state index in [0.29, 0.717) is 34.1 Å². The molecule has 0 unspecified atom stereocenters. The van der Waals surface area contributed by atoms with Crippen LogP contribution < -0.4 is 15.4 Å². The summed E-state index contributed by atoms with van der Waals surface area (Å²) in [5.41, 5.74) is 4.01. The summed E-state index contributed by atoms with van der Waals surface area (Å²) in [4.78, 5) is 17.2. The molecule has 0 aliphatic rings. The number of ether oxygens (including phenoxy) is 1. The standard InChI is InChI=1S/C28H26FN7O2/c1-18(2)36-17-26(27(34-36)19-4-6-21(29)7-5-19)33-28(37)32-22-8-10-23(11-9-22)38-24-12-13-30-25(14-24)20-15-31-35(3)16-20/h4-18H,1-3H3,(H2,32,33,37). The first-order valence-corrected chi connectivity index (χ1v) is 12.0. The van der Waals surface area contributed by atoms with Crippen LogP contribution in [0, 0.1) is 5.82 Å². The maximum Gasteiger partial charge on any atom is 0.323 e. The summed E-state index contributed by atoms with van der Waals surface area (Å²) in [5.74, 6) is 0.901. The van der Waals surface area contributed by atoms with Gasteiger partial charge in [-0.25, -0.2) is 9.18 Å². The Morgan fingerprint density at radius 1 is 0.947 bits per heavy atom. The molecule has 38 heavy (non-hydrogen) atoms. The number of rotatable bonds is 7. The topological polar surface area (TPSA) is 98.9 Å². The van der Waals surface area contributed by atoms with Crippen LogP contribution in [0.25, 0.3) is 22.5 Å². The predicted octanol–water partition coefficient (Wildman–Crippen LogP) is 6.50. The minimum absolute atomic E-state index is 0.0844. The molecule has 192 valence electrons. The number of benzene rings is 2. The van der Waals surface area contributed by atoms with Gasteiger partial charge < -0.3 is 15.4 Å². The first-order chi connectivity index (χ1) is 18.3. The van der Waals surface area contributed by atoms with E-state index in [9.17, 15) is 9.18 Å². The van der Waals surface area contributed by atoms with Gasteiger partial charge in [0.2, 0.25) is 0 Å². The zero-order valence-corrected chi connectivity index (χ0v) is 21.1. The van der Waals surface area contributed by atoms with E-state index in [4.69, 9.17) is 4.74 Å². The van der Waals surface area contributed by atoms with Gasteiger partial charge in [-0.2, -0.15) is 10.2 Å². The number of halogens is 1. The number of aryl methyl sites for hydroxylation is 1. The molecule has 0 spiro atoms. The third-order valence-corrected chi connectivity index (χ3v) is 5.71. The molecular formula is C28H26FN7O2. The summed E-state index contributed by atoms with van der Waals surface area (Å²) in [6.45, 7) is 3.97. The minimum atomic E-state index is -0.430. The summed E-state index contributed by atoms with van der Waals surface area (Å²) < 4.78 is 22.8. The lowest BCUT2D eigenvalue weighted by Crippen LogP contribution is -2.19. The van der Waals surface area contributed by atoms with E-state index >= 15 is 0 Å². The molecule has 2 N–H and O–H groups in total. The number of aromatic nitrogens is 5.